The Labute approximate surface area is 192 Å². The topological polar surface area (TPSA) is 59.5 Å². The first-order chi connectivity index (χ1) is 15.5. The molecule has 4 aromatic rings. The minimum atomic E-state index is -3.84. The van der Waals surface area contributed by atoms with Gasteiger partial charge in [0.05, 0.1) is 17.1 Å². The van der Waals surface area contributed by atoms with Gasteiger partial charge in [0.2, 0.25) is 0 Å². The summed E-state index contributed by atoms with van der Waals surface area (Å²) in [7, 11) is -3.84. The van der Waals surface area contributed by atoms with Gasteiger partial charge in [0.15, 0.2) is 0 Å². The molecule has 0 unspecified atom stereocenters. The monoisotopic (exact) mass is 464 g/mol. The first-order valence-electron chi connectivity index (χ1n) is 9.97. The van der Waals surface area contributed by atoms with E-state index in [1.165, 1.54) is 16.4 Å². The fourth-order valence-corrected chi connectivity index (χ4v) is 4.78. The van der Waals surface area contributed by atoms with Crippen LogP contribution in [0.5, 0.6) is 5.75 Å². The highest BCUT2D eigenvalue weighted by Gasteiger charge is 2.26. The lowest BCUT2D eigenvalue weighted by Gasteiger charge is -2.25. The maximum Gasteiger partial charge on any atom is 0.264 e. The summed E-state index contributed by atoms with van der Waals surface area (Å²) >= 11 is 5.97. The van der Waals surface area contributed by atoms with Crippen molar-refractivity contribution < 1.29 is 13.2 Å². The number of sulfonamides is 1. The number of aromatic nitrogens is 1. The SMILES string of the molecule is O=S(=O)(c1ccc(Cl)cc1)N(Cc1ccccc1OCc1ccncc1)c1ccccc1. The van der Waals surface area contributed by atoms with Crippen LogP contribution in [0.3, 0.4) is 0 Å². The van der Waals surface area contributed by atoms with Gasteiger partial charge in [-0.25, -0.2) is 8.42 Å². The van der Waals surface area contributed by atoms with Crippen molar-refractivity contribution in [2.45, 2.75) is 18.0 Å². The van der Waals surface area contributed by atoms with Gasteiger partial charge in [-0.1, -0.05) is 48.0 Å². The number of benzene rings is 3. The molecular formula is C25H21ClN2O3S. The summed E-state index contributed by atoms with van der Waals surface area (Å²) in [5.74, 6) is 0.622. The van der Waals surface area contributed by atoms with E-state index in [0.717, 1.165) is 11.1 Å². The maximum atomic E-state index is 13.6. The Hall–Kier alpha value is -3.35. The molecule has 0 N–H and O–H groups in total. The summed E-state index contributed by atoms with van der Waals surface area (Å²) in [6.45, 7) is 0.469. The van der Waals surface area contributed by atoms with Crippen LogP contribution >= 0.6 is 11.6 Å². The quantitative estimate of drug-likeness (QED) is 0.335. The molecular weight excluding hydrogens is 444 g/mol. The van der Waals surface area contributed by atoms with Crippen LogP contribution in [0.25, 0.3) is 0 Å². The minimum Gasteiger partial charge on any atom is -0.489 e. The maximum absolute atomic E-state index is 13.6. The second-order valence-electron chi connectivity index (χ2n) is 7.05. The van der Waals surface area contributed by atoms with E-state index in [0.29, 0.717) is 23.1 Å². The Balaban J connectivity index is 1.67. The van der Waals surface area contributed by atoms with E-state index >= 15 is 0 Å². The average Bonchev–Trinajstić information content (AvgIpc) is 2.83. The van der Waals surface area contributed by atoms with Crippen LogP contribution in [-0.2, 0) is 23.2 Å². The number of pyridine rings is 1. The van der Waals surface area contributed by atoms with Gasteiger partial charge < -0.3 is 4.74 Å². The van der Waals surface area contributed by atoms with E-state index in [9.17, 15) is 8.42 Å². The molecule has 162 valence electrons. The van der Waals surface area contributed by atoms with E-state index in [1.54, 1.807) is 36.7 Å². The molecule has 0 saturated carbocycles. The summed E-state index contributed by atoms with van der Waals surface area (Å²) in [5, 5.41) is 0.477. The van der Waals surface area contributed by atoms with Crippen LogP contribution in [-0.4, -0.2) is 13.4 Å². The molecule has 0 atom stereocenters. The molecule has 0 aliphatic carbocycles. The van der Waals surface area contributed by atoms with Crippen LogP contribution in [0.1, 0.15) is 11.1 Å². The number of nitrogens with zero attached hydrogens (tertiary/aromatic N) is 2. The first-order valence-corrected chi connectivity index (χ1v) is 11.8. The van der Waals surface area contributed by atoms with Crippen molar-refractivity contribution in [3.05, 3.63) is 120 Å². The van der Waals surface area contributed by atoms with Crippen molar-refractivity contribution in [2.24, 2.45) is 0 Å². The molecule has 1 aromatic heterocycles. The van der Waals surface area contributed by atoms with Crippen molar-refractivity contribution in [3.8, 4) is 5.75 Å². The van der Waals surface area contributed by atoms with E-state index < -0.39 is 10.0 Å². The lowest BCUT2D eigenvalue weighted by atomic mass is 10.2. The molecule has 0 amide bonds. The third-order valence-corrected chi connectivity index (χ3v) is 6.92. The highest BCUT2D eigenvalue weighted by Crippen LogP contribution is 2.29. The molecule has 7 heteroatoms. The number of anilines is 1. The summed E-state index contributed by atoms with van der Waals surface area (Å²) < 4.78 is 34.6. The molecule has 1 heterocycles. The summed E-state index contributed by atoms with van der Waals surface area (Å²) in [6.07, 6.45) is 3.42. The standard InChI is InChI=1S/C25H21ClN2O3S/c26-22-10-12-24(13-11-22)32(29,30)28(23-7-2-1-3-8-23)18-21-6-4-5-9-25(21)31-19-20-14-16-27-17-15-20/h1-17H,18-19H2. The Bertz CT molecular complexity index is 1270. The zero-order chi connectivity index (χ0) is 22.4. The van der Waals surface area contributed by atoms with Crippen LogP contribution in [0, 0.1) is 0 Å². The third-order valence-electron chi connectivity index (χ3n) is 4.88. The molecule has 3 aromatic carbocycles. The molecule has 0 fully saturated rings. The lowest BCUT2D eigenvalue weighted by Crippen LogP contribution is -2.30. The van der Waals surface area contributed by atoms with Crippen LogP contribution in [0.2, 0.25) is 5.02 Å². The van der Waals surface area contributed by atoms with Crippen LogP contribution in [0.15, 0.2) is 108 Å². The Morgan fingerprint density at radius 1 is 0.812 bits per heavy atom. The molecule has 0 radical (unpaired) electrons. The number of rotatable bonds is 8. The van der Waals surface area contributed by atoms with E-state index in [4.69, 9.17) is 16.3 Å². The number of para-hydroxylation sites is 2. The van der Waals surface area contributed by atoms with Crippen LogP contribution < -0.4 is 9.04 Å². The molecule has 5 nitrogen and oxygen atoms in total. The molecule has 0 spiro atoms. The van der Waals surface area contributed by atoms with Gasteiger partial charge in [0, 0.05) is 23.0 Å². The normalized spacial score (nSPS) is 11.2. The predicted octanol–water partition coefficient (Wildman–Crippen LogP) is 5.71. The van der Waals surface area contributed by atoms with Crippen molar-refractivity contribution in [3.63, 3.8) is 0 Å². The van der Waals surface area contributed by atoms with Crippen molar-refractivity contribution in [2.75, 3.05) is 4.31 Å². The highest BCUT2D eigenvalue weighted by molar-refractivity contribution is 7.92. The zero-order valence-electron chi connectivity index (χ0n) is 17.1. The van der Waals surface area contributed by atoms with Gasteiger partial charge in [0.25, 0.3) is 10.0 Å². The molecule has 0 saturated heterocycles. The third kappa shape index (κ3) is 5.10. The lowest BCUT2D eigenvalue weighted by molar-refractivity contribution is 0.303. The zero-order valence-corrected chi connectivity index (χ0v) is 18.7. The highest BCUT2D eigenvalue weighted by atomic mass is 35.5. The Kier molecular flexibility index (Phi) is 6.73. The van der Waals surface area contributed by atoms with Gasteiger partial charge in [-0.15, -0.1) is 0 Å². The molecule has 32 heavy (non-hydrogen) atoms. The molecule has 0 aliphatic heterocycles. The number of ether oxygens (including phenoxy) is 1. The van der Waals surface area contributed by atoms with Gasteiger partial charge in [0.1, 0.15) is 12.4 Å². The number of halogens is 1. The Morgan fingerprint density at radius 2 is 1.47 bits per heavy atom. The summed E-state index contributed by atoms with van der Waals surface area (Å²) in [5.41, 5.74) is 2.29. The molecule has 0 bridgehead atoms. The number of hydrogen-bond acceptors (Lipinski definition) is 4. The fourth-order valence-electron chi connectivity index (χ4n) is 3.21. The summed E-state index contributed by atoms with van der Waals surface area (Å²) in [6, 6.07) is 26.4. The Morgan fingerprint density at radius 3 is 2.19 bits per heavy atom. The van der Waals surface area contributed by atoms with Gasteiger partial charge in [-0.05, 0) is 60.2 Å². The number of hydrogen-bond donors (Lipinski definition) is 0. The molecule has 4 rings (SSSR count). The van der Waals surface area contributed by atoms with E-state index in [1.807, 2.05) is 54.6 Å². The minimum absolute atomic E-state index is 0.113. The van der Waals surface area contributed by atoms with Crippen molar-refractivity contribution in [1.82, 2.24) is 4.98 Å². The van der Waals surface area contributed by atoms with Crippen LogP contribution in [0.4, 0.5) is 5.69 Å². The van der Waals surface area contributed by atoms with E-state index in [2.05, 4.69) is 4.98 Å². The largest absolute Gasteiger partial charge is 0.489 e. The van der Waals surface area contributed by atoms with Crippen molar-refractivity contribution >= 4 is 27.3 Å². The average molecular weight is 465 g/mol. The second-order valence-corrected chi connectivity index (χ2v) is 9.35. The first kappa shape index (κ1) is 21.9. The summed E-state index contributed by atoms with van der Waals surface area (Å²) in [4.78, 5) is 4.18. The van der Waals surface area contributed by atoms with Gasteiger partial charge >= 0.3 is 0 Å². The predicted molar refractivity (Wildman–Crippen MR) is 126 cm³/mol. The smallest absolute Gasteiger partial charge is 0.264 e. The molecule has 0 aliphatic rings. The fraction of sp³-hybridized carbons (Fsp3) is 0.0800. The van der Waals surface area contributed by atoms with E-state index in [-0.39, 0.29) is 11.4 Å². The van der Waals surface area contributed by atoms with Gasteiger partial charge in [-0.3, -0.25) is 9.29 Å². The van der Waals surface area contributed by atoms with Gasteiger partial charge in [-0.2, -0.15) is 0 Å². The second kappa shape index (κ2) is 9.85. The van der Waals surface area contributed by atoms with Crippen molar-refractivity contribution in [1.29, 1.82) is 0 Å².